The van der Waals surface area contributed by atoms with E-state index in [9.17, 15) is 4.79 Å². The molecule has 4 aromatic rings. The molecule has 1 heterocycles. The number of nitrogens with zero attached hydrogens (tertiary/aromatic N) is 1. The van der Waals surface area contributed by atoms with Gasteiger partial charge in [0, 0.05) is 10.9 Å². The summed E-state index contributed by atoms with van der Waals surface area (Å²) in [5, 5.41) is 4.20. The number of fused-ring (bicyclic) bond motifs is 2. The van der Waals surface area contributed by atoms with E-state index in [4.69, 9.17) is 4.98 Å². The fourth-order valence-corrected chi connectivity index (χ4v) is 4.55. The molecule has 1 unspecified atom stereocenters. The normalized spacial score (nSPS) is 15.5. The molecule has 1 aromatic heterocycles. The van der Waals surface area contributed by atoms with Crippen LogP contribution in [0.1, 0.15) is 51.5 Å². The lowest BCUT2D eigenvalue weighted by atomic mass is 9.87. The first-order valence-corrected chi connectivity index (χ1v) is 11.0. The first-order chi connectivity index (χ1) is 15.1. The van der Waals surface area contributed by atoms with Gasteiger partial charge in [-0.2, -0.15) is 0 Å². The van der Waals surface area contributed by atoms with E-state index in [1.54, 1.807) is 0 Å². The van der Waals surface area contributed by atoms with Crippen LogP contribution in [0.4, 0.5) is 0 Å². The molecule has 0 saturated heterocycles. The zero-order chi connectivity index (χ0) is 21.4. The maximum absolute atomic E-state index is 13.5. The Morgan fingerprint density at radius 2 is 1.74 bits per heavy atom. The van der Waals surface area contributed by atoms with Gasteiger partial charge in [-0.1, -0.05) is 54.6 Å². The summed E-state index contributed by atoms with van der Waals surface area (Å²) in [6.45, 7) is 4.21. The van der Waals surface area contributed by atoms with Crippen LogP contribution in [0, 0.1) is 13.8 Å². The van der Waals surface area contributed by atoms with Gasteiger partial charge in [0.25, 0.3) is 5.91 Å². The molecule has 0 bridgehead atoms. The van der Waals surface area contributed by atoms with E-state index in [-0.39, 0.29) is 11.9 Å². The van der Waals surface area contributed by atoms with Gasteiger partial charge in [0.2, 0.25) is 0 Å². The maximum atomic E-state index is 13.5. The van der Waals surface area contributed by atoms with E-state index in [0.29, 0.717) is 5.56 Å². The van der Waals surface area contributed by atoms with Gasteiger partial charge < -0.3 is 5.32 Å². The summed E-state index contributed by atoms with van der Waals surface area (Å²) >= 11 is 0. The van der Waals surface area contributed by atoms with E-state index in [2.05, 4.69) is 61.6 Å². The van der Waals surface area contributed by atoms with Gasteiger partial charge in [0.05, 0.1) is 22.8 Å². The molecule has 1 atom stereocenters. The molecule has 0 aliphatic heterocycles. The van der Waals surface area contributed by atoms with Crippen LogP contribution in [0.5, 0.6) is 0 Å². The first-order valence-electron chi connectivity index (χ1n) is 11.0. The molecule has 154 valence electrons. The minimum absolute atomic E-state index is 0.0367. The number of rotatable bonds is 3. The molecule has 1 amide bonds. The second-order valence-corrected chi connectivity index (χ2v) is 8.49. The standard InChI is InChI=1S/C28H26N2O/c1-18-14-15-21(16-19(18)2)27-17-24(23-11-5-6-12-26(23)29-27)28(31)30-25-13-7-9-20-8-3-4-10-22(20)25/h3-6,8,10-12,14-17,25H,7,9,13H2,1-2H3,(H,30,31). The summed E-state index contributed by atoms with van der Waals surface area (Å²) in [6, 6.07) is 24.7. The van der Waals surface area contributed by atoms with Crippen molar-refractivity contribution >= 4 is 16.8 Å². The molecule has 31 heavy (non-hydrogen) atoms. The van der Waals surface area contributed by atoms with Gasteiger partial charge in [-0.25, -0.2) is 4.98 Å². The van der Waals surface area contributed by atoms with Crippen molar-refractivity contribution in [1.29, 1.82) is 0 Å². The number of aryl methyl sites for hydroxylation is 3. The summed E-state index contributed by atoms with van der Waals surface area (Å²) in [5.74, 6) is -0.0367. The highest BCUT2D eigenvalue weighted by atomic mass is 16.1. The number of hydrogen-bond acceptors (Lipinski definition) is 2. The third-order valence-corrected chi connectivity index (χ3v) is 6.44. The predicted octanol–water partition coefficient (Wildman–Crippen LogP) is 6.33. The number of benzene rings is 3. The summed E-state index contributed by atoms with van der Waals surface area (Å²) in [4.78, 5) is 18.4. The number of pyridine rings is 1. The Bertz CT molecular complexity index is 1290. The second-order valence-electron chi connectivity index (χ2n) is 8.49. The van der Waals surface area contributed by atoms with Crippen LogP contribution in [0.2, 0.25) is 0 Å². The lowest BCUT2D eigenvalue weighted by Gasteiger charge is -2.26. The van der Waals surface area contributed by atoms with E-state index >= 15 is 0 Å². The lowest BCUT2D eigenvalue weighted by molar-refractivity contribution is 0.0934. The van der Waals surface area contributed by atoms with Gasteiger partial charge in [0.15, 0.2) is 0 Å². The molecule has 0 spiro atoms. The van der Waals surface area contributed by atoms with Crippen LogP contribution in [-0.2, 0) is 6.42 Å². The number of nitrogens with one attached hydrogen (secondary N) is 1. The van der Waals surface area contributed by atoms with Crippen LogP contribution in [0.15, 0.2) is 72.8 Å². The Morgan fingerprint density at radius 1 is 0.935 bits per heavy atom. The van der Waals surface area contributed by atoms with Crippen molar-refractivity contribution in [3.63, 3.8) is 0 Å². The molecule has 3 heteroatoms. The van der Waals surface area contributed by atoms with Crippen molar-refractivity contribution in [2.45, 2.75) is 39.2 Å². The topological polar surface area (TPSA) is 42.0 Å². The van der Waals surface area contributed by atoms with Gasteiger partial charge in [0.1, 0.15) is 0 Å². The van der Waals surface area contributed by atoms with Gasteiger partial charge in [-0.05, 0) is 73.6 Å². The molecule has 1 N–H and O–H groups in total. The SMILES string of the molecule is Cc1ccc(-c2cc(C(=O)NC3CCCc4ccccc43)c3ccccc3n2)cc1C. The van der Waals surface area contributed by atoms with Crippen molar-refractivity contribution < 1.29 is 4.79 Å². The Morgan fingerprint density at radius 3 is 2.61 bits per heavy atom. The van der Waals surface area contributed by atoms with Crippen LogP contribution < -0.4 is 5.32 Å². The average molecular weight is 407 g/mol. The fraction of sp³-hybridized carbons (Fsp3) is 0.214. The Hall–Kier alpha value is -3.46. The number of para-hydroxylation sites is 1. The smallest absolute Gasteiger partial charge is 0.252 e. The highest BCUT2D eigenvalue weighted by molar-refractivity contribution is 6.07. The minimum Gasteiger partial charge on any atom is -0.345 e. The summed E-state index contributed by atoms with van der Waals surface area (Å²) in [5.41, 5.74) is 8.44. The van der Waals surface area contributed by atoms with Crippen molar-refractivity contribution in [1.82, 2.24) is 10.3 Å². The van der Waals surface area contributed by atoms with Crippen molar-refractivity contribution in [2.75, 3.05) is 0 Å². The highest BCUT2D eigenvalue weighted by Crippen LogP contribution is 2.31. The summed E-state index contributed by atoms with van der Waals surface area (Å²) in [7, 11) is 0. The van der Waals surface area contributed by atoms with E-state index in [1.807, 2.05) is 30.3 Å². The third kappa shape index (κ3) is 3.72. The van der Waals surface area contributed by atoms with Gasteiger partial charge >= 0.3 is 0 Å². The van der Waals surface area contributed by atoms with Crippen LogP contribution in [0.25, 0.3) is 22.2 Å². The Labute approximate surface area is 183 Å². The molecular formula is C28H26N2O. The molecular weight excluding hydrogens is 380 g/mol. The van der Waals surface area contributed by atoms with Crippen molar-refractivity contribution in [3.05, 3.63) is 101 Å². The zero-order valence-electron chi connectivity index (χ0n) is 18.0. The van der Waals surface area contributed by atoms with Crippen LogP contribution in [0.3, 0.4) is 0 Å². The summed E-state index contributed by atoms with van der Waals surface area (Å²) < 4.78 is 0. The first kappa shape index (κ1) is 19.5. The Kier molecular flexibility index (Phi) is 5.03. The van der Waals surface area contributed by atoms with Crippen molar-refractivity contribution in [2.24, 2.45) is 0 Å². The van der Waals surface area contributed by atoms with E-state index in [1.165, 1.54) is 22.3 Å². The molecule has 3 nitrogen and oxygen atoms in total. The largest absolute Gasteiger partial charge is 0.345 e. The van der Waals surface area contributed by atoms with E-state index in [0.717, 1.165) is 41.4 Å². The van der Waals surface area contributed by atoms with Gasteiger partial charge in [-0.3, -0.25) is 4.79 Å². The Balaban J connectivity index is 1.56. The number of aromatic nitrogens is 1. The third-order valence-electron chi connectivity index (χ3n) is 6.44. The quantitative estimate of drug-likeness (QED) is 0.432. The van der Waals surface area contributed by atoms with Crippen molar-refractivity contribution in [3.8, 4) is 11.3 Å². The van der Waals surface area contributed by atoms with Gasteiger partial charge in [-0.15, -0.1) is 0 Å². The molecule has 0 fully saturated rings. The number of hydrogen-bond donors (Lipinski definition) is 1. The van der Waals surface area contributed by atoms with E-state index < -0.39 is 0 Å². The second kappa shape index (κ2) is 7.99. The molecule has 1 aliphatic rings. The zero-order valence-corrected chi connectivity index (χ0v) is 18.0. The number of carbonyl (C=O) groups excluding carboxylic acids is 1. The summed E-state index contributed by atoms with van der Waals surface area (Å²) in [6.07, 6.45) is 3.14. The number of amides is 1. The minimum atomic E-state index is -0.0367. The van der Waals surface area contributed by atoms with Crippen LogP contribution in [-0.4, -0.2) is 10.9 Å². The van der Waals surface area contributed by atoms with Crippen LogP contribution >= 0.6 is 0 Å². The monoisotopic (exact) mass is 406 g/mol. The maximum Gasteiger partial charge on any atom is 0.252 e. The number of carbonyl (C=O) groups is 1. The molecule has 1 aliphatic carbocycles. The fourth-order valence-electron chi connectivity index (χ4n) is 4.55. The molecule has 0 radical (unpaired) electrons. The molecule has 5 rings (SSSR count). The lowest BCUT2D eigenvalue weighted by Crippen LogP contribution is -2.31. The molecule has 0 saturated carbocycles. The average Bonchev–Trinajstić information content (AvgIpc) is 2.80. The predicted molar refractivity (Wildman–Crippen MR) is 126 cm³/mol. The highest BCUT2D eigenvalue weighted by Gasteiger charge is 2.23. The molecule has 3 aromatic carbocycles.